The predicted molar refractivity (Wildman–Crippen MR) is 73.9 cm³/mol. The number of rotatable bonds is 7. The molecule has 0 aliphatic rings. The quantitative estimate of drug-likeness (QED) is 0.392. The zero-order valence-corrected chi connectivity index (χ0v) is 11.5. The second kappa shape index (κ2) is 11.9. The average Bonchev–Trinajstić information content (AvgIpc) is 2.37. The van der Waals surface area contributed by atoms with Gasteiger partial charge in [-0.15, -0.1) is 0 Å². The summed E-state index contributed by atoms with van der Waals surface area (Å²) in [6.07, 6.45) is 6.09. The predicted octanol–water partition coefficient (Wildman–Crippen LogP) is 3.29. The van der Waals surface area contributed by atoms with Gasteiger partial charge in [0.25, 0.3) is 0 Å². The number of ketones is 2. The van der Waals surface area contributed by atoms with Crippen LogP contribution in [0.25, 0.3) is 0 Å². The van der Waals surface area contributed by atoms with Gasteiger partial charge in [0, 0.05) is 25.7 Å². The van der Waals surface area contributed by atoms with Crippen LogP contribution in [0.3, 0.4) is 0 Å². The van der Waals surface area contributed by atoms with E-state index in [1.165, 1.54) is 0 Å². The summed E-state index contributed by atoms with van der Waals surface area (Å²) in [6, 6.07) is 0. The first kappa shape index (κ1) is 16.5. The average molecular weight is 246 g/mol. The van der Waals surface area contributed by atoms with Crippen LogP contribution in [0.15, 0.2) is 0 Å². The van der Waals surface area contributed by atoms with E-state index in [1.54, 1.807) is 0 Å². The summed E-state index contributed by atoms with van der Waals surface area (Å²) in [5, 5.41) is 0. The topological polar surface area (TPSA) is 34.1 Å². The fraction of sp³-hybridized carbons (Fsp3) is 0.625. The molecule has 0 aromatic heterocycles. The van der Waals surface area contributed by atoms with E-state index in [0.29, 0.717) is 0 Å². The van der Waals surface area contributed by atoms with Crippen LogP contribution in [-0.2, 0) is 9.59 Å². The monoisotopic (exact) mass is 246 g/mol. The molecule has 18 heavy (non-hydrogen) atoms. The van der Waals surface area contributed by atoms with Crippen LogP contribution in [-0.4, -0.2) is 11.6 Å². The molecule has 0 heterocycles. The lowest BCUT2D eigenvalue weighted by molar-refractivity contribution is -0.118. The van der Waals surface area contributed by atoms with Gasteiger partial charge in [-0.3, -0.25) is 9.59 Å². The highest BCUT2D eigenvalue weighted by Crippen LogP contribution is 1.95. The van der Waals surface area contributed by atoms with E-state index < -0.39 is 0 Å². The first-order chi connectivity index (χ1) is 8.70. The molecule has 0 N–H and O–H groups in total. The van der Waals surface area contributed by atoms with Crippen LogP contribution in [0.2, 0.25) is 0 Å². The molecule has 0 aliphatic carbocycles. The number of hydrogen-bond acceptors (Lipinski definition) is 2. The van der Waals surface area contributed by atoms with Gasteiger partial charge in [0.05, 0.1) is 0 Å². The lowest BCUT2D eigenvalue weighted by Crippen LogP contribution is -2.00. The van der Waals surface area contributed by atoms with Crippen LogP contribution in [0.1, 0.15) is 65.2 Å². The van der Waals surface area contributed by atoms with Crippen LogP contribution in [0, 0.1) is 23.7 Å². The molecule has 0 aromatic rings. The molecule has 0 saturated carbocycles. The Morgan fingerprint density at radius 1 is 0.778 bits per heavy atom. The van der Waals surface area contributed by atoms with Crippen molar-refractivity contribution in [3.8, 4) is 23.7 Å². The highest BCUT2D eigenvalue weighted by Gasteiger charge is 2.01. The minimum Gasteiger partial charge on any atom is -0.285 e. The Morgan fingerprint density at radius 3 is 1.50 bits per heavy atom. The van der Waals surface area contributed by atoms with Gasteiger partial charge in [-0.1, -0.05) is 38.5 Å². The van der Waals surface area contributed by atoms with E-state index in [4.69, 9.17) is 0 Å². The smallest absolute Gasteiger partial charge is 0.205 e. The molecule has 0 rings (SSSR count). The Morgan fingerprint density at radius 2 is 1.17 bits per heavy atom. The maximum Gasteiger partial charge on any atom is 0.205 e. The third-order valence-electron chi connectivity index (χ3n) is 2.35. The molecule has 0 atom stereocenters. The van der Waals surface area contributed by atoms with E-state index in [9.17, 15) is 9.59 Å². The Kier molecular flexibility index (Phi) is 10.9. The molecule has 0 amide bonds. The molecule has 0 aliphatic heterocycles. The van der Waals surface area contributed by atoms with Crippen molar-refractivity contribution in [2.75, 3.05) is 0 Å². The highest BCUT2D eigenvalue weighted by atomic mass is 16.1. The van der Waals surface area contributed by atoms with Crippen molar-refractivity contribution >= 4 is 11.6 Å². The van der Waals surface area contributed by atoms with Crippen LogP contribution < -0.4 is 0 Å². The Balaban J connectivity index is 3.78. The van der Waals surface area contributed by atoms with Crippen molar-refractivity contribution in [2.45, 2.75) is 65.2 Å². The van der Waals surface area contributed by atoms with Gasteiger partial charge in [0.2, 0.25) is 11.6 Å². The molecule has 0 saturated heterocycles. The van der Waals surface area contributed by atoms with Crippen molar-refractivity contribution in [2.24, 2.45) is 0 Å². The number of Topliss-reactive ketones (excluding diaryl/α,β-unsaturated/α-hetero) is 2. The van der Waals surface area contributed by atoms with Crippen LogP contribution >= 0.6 is 0 Å². The fourth-order valence-corrected chi connectivity index (χ4v) is 1.20. The van der Waals surface area contributed by atoms with E-state index in [1.807, 2.05) is 0 Å². The van der Waals surface area contributed by atoms with E-state index in [0.717, 1.165) is 38.5 Å². The lowest BCUT2D eigenvalue weighted by Gasteiger charge is -1.89. The second-order valence-electron chi connectivity index (χ2n) is 4.16. The molecule has 0 unspecified atom stereocenters. The van der Waals surface area contributed by atoms with Gasteiger partial charge in [-0.05, 0) is 24.7 Å². The lowest BCUT2D eigenvalue weighted by atomic mass is 10.1. The minimum atomic E-state index is -0.158. The zero-order valence-electron chi connectivity index (χ0n) is 11.5. The molecule has 0 fully saturated rings. The van der Waals surface area contributed by atoms with E-state index >= 15 is 0 Å². The first-order valence-corrected chi connectivity index (χ1v) is 6.74. The molecule has 98 valence electrons. The summed E-state index contributed by atoms with van der Waals surface area (Å²) >= 11 is 0. The normalized spacial score (nSPS) is 8.78. The van der Waals surface area contributed by atoms with Crippen LogP contribution in [0.5, 0.6) is 0 Å². The number of carbonyl (C=O) groups excluding carboxylic acids is 2. The Bertz CT molecular complexity index is 333. The largest absolute Gasteiger partial charge is 0.285 e. The summed E-state index contributed by atoms with van der Waals surface area (Å²) in [5.41, 5.74) is 0. The van der Waals surface area contributed by atoms with Crippen molar-refractivity contribution < 1.29 is 9.59 Å². The highest BCUT2D eigenvalue weighted by molar-refractivity contribution is 6.01. The van der Waals surface area contributed by atoms with Gasteiger partial charge in [-0.2, -0.15) is 0 Å². The Hall–Kier alpha value is -1.54. The summed E-state index contributed by atoms with van der Waals surface area (Å²) in [6.45, 7) is 4.17. The standard InChI is InChI=1S/C16H22O2/c1-3-5-7-9-11-15(17)13-14-16(18)12-10-8-6-4-2/h3-8,13-14H2,1-2H3. The minimum absolute atomic E-state index is 0.158. The van der Waals surface area contributed by atoms with Crippen molar-refractivity contribution in [3.63, 3.8) is 0 Å². The molecule has 0 radical (unpaired) electrons. The van der Waals surface area contributed by atoms with Gasteiger partial charge >= 0.3 is 0 Å². The van der Waals surface area contributed by atoms with Gasteiger partial charge < -0.3 is 0 Å². The first-order valence-electron chi connectivity index (χ1n) is 6.74. The molecular weight excluding hydrogens is 224 g/mol. The second-order valence-corrected chi connectivity index (χ2v) is 4.16. The van der Waals surface area contributed by atoms with Crippen molar-refractivity contribution in [3.05, 3.63) is 0 Å². The third-order valence-corrected chi connectivity index (χ3v) is 2.35. The SMILES string of the molecule is CCCCC#CC(=O)CCC(=O)C#CCCCC. The molecule has 0 aromatic carbocycles. The summed E-state index contributed by atoms with van der Waals surface area (Å²) in [5.74, 6) is 10.5. The number of unbranched alkanes of at least 4 members (excludes halogenated alkanes) is 4. The zero-order chi connectivity index (χ0) is 13.6. The van der Waals surface area contributed by atoms with Gasteiger partial charge in [0.1, 0.15) is 0 Å². The Labute approximate surface area is 111 Å². The molecule has 2 heteroatoms. The van der Waals surface area contributed by atoms with E-state index in [2.05, 4.69) is 37.5 Å². The molecule has 2 nitrogen and oxygen atoms in total. The van der Waals surface area contributed by atoms with Crippen molar-refractivity contribution in [1.82, 2.24) is 0 Å². The fourth-order valence-electron chi connectivity index (χ4n) is 1.20. The van der Waals surface area contributed by atoms with Crippen LogP contribution in [0.4, 0.5) is 0 Å². The van der Waals surface area contributed by atoms with Gasteiger partial charge in [-0.25, -0.2) is 0 Å². The number of hydrogen-bond donors (Lipinski definition) is 0. The summed E-state index contributed by atoms with van der Waals surface area (Å²) < 4.78 is 0. The molecule has 0 spiro atoms. The molecule has 0 bridgehead atoms. The van der Waals surface area contributed by atoms with Gasteiger partial charge in [0.15, 0.2) is 0 Å². The maximum atomic E-state index is 11.3. The summed E-state index contributed by atoms with van der Waals surface area (Å²) in [4.78, 5) is 22.6. The van der Waals surface area contributed by atoms with E-state index in [-0.39, 0.29) is 24.4 Å². The third kappa shape index (κ3) is 11.0. The number of carbonyl (C=O) groups is 2. The molecular formula is C16H22O2. The maximum absolute atomic E-state index is 11.3. The summed E-state index contributed by atoms with van der Waals surface area (Å²) in [7, 11) is 0. The van der Waals surface area contributed by atoms with Crippen molar-refractivity contribution in [1.29, 1.82) is 0 Å².